The van der Waals surface area contributed by atoms with E-state index in [-0.39, 0.29) is 11.5 Å². The third-order valence-corrected chi connectivity index (χ3v) is 5.22. The molecule has 0 saturated heterocycles. The standard InChI is InChI=1S/C12H15ClO4S/c1-4-17-11(14)12(2,3)18(15,16)10-7-5-9(13)6-8-10/h5-8H,4H2,1-3H3. The van der Waals surface area contributed by atoms with Crippen molar-refractivity contribution in [1.29, 1.82) is 0 Å². The number of rotatable bonds is 4. The third kappa shape index (κ3) is 2.67. The molecule has 1 rings (SSSR count). The first kappa shape index (κ1) is 15.0. The normalized spacial score (nSPS) is 12.2. The van der Waals surface area contributed by atoms with Crippen molar-refractivity contribution < 1.29 is 17.9 Å². The van der Waals surface area contributed by atoms with Crippen LogP contribution < -0.4 is 0 Å². The van der Waals surface area contributed by atoms with Gasteiger partial charge in [0, 0.05) is 5.02 Å². The van der Waals surface area contributed by atoms with Crippen LogP contribution in [0.5, 0.6) is 0 Å². The molecule has 0 bridgehead atoms. The lowest BCUT2D eigenvalue weighted by atomic mass is 10.2. The van der Waals surface area contributed by atoms with Gasteiger partial charge in [-0.2, -0.15) is 0 Å². The Balaban J connectivity index is 3.21. The molecule has 0 fully saturated rings. The van der Waals surface area contributed by atoms with Gasteiger partial charge >= 0.3 is 5.97 Å². The number of esters is 1. The lowest BCUT2D eigenvalue weighted by Crippen LogP contribution is -2.42. The number of carbonyl (C=O) groups is 1. The van der Waals surface area contributed by atoms with E-state index in [0.717, 1.165) is 0 Å². The molecule has 0 amide bonds. The average Bonchev–Trinajstić information content (AvgIpc) is 2.29. The molecular weight excluding hydrogens is 276 g/mol. The van der Waals surface area contributed by atoms with Crippen LogP contribution in [0.1, 0.15) is 20.8 Å². The second-order valence-electron chi connectivity index (χ2n) is 4.19. The van der Waals surface area contributed by atoms with Crippen LogP contribution in [0.25, 0.3) is 0 Å². The number of ether oxygens (including phenoxy) is 1. The summed E-state index contributed by atoms with van der Waals surface area (Å²) in [4.78, 5) is 11.8. The summed E-state index contributed by atoms with van der Waals surface area (Å²) >= 11 is 5.70. The number of halogens is 1. The van der Waals surface area contributed by atoms with E-state index in [9.17, 15) is 13.2 Å². The molecule has 0 aliphatic carbocycles. The van der Waals surface area contributed by atoms with Gasteiger partial charge in [-0.3, -0.25) is 4.79 Å². The predicted molar refractivity (Wildman–Crippen MR) is 69.3 cm³/mol. The van der Waals surface area contributed by atoms with E-state index in [1.54, 1.807) is 6.92 Å². The van der Waals surface area contributed by atoms with Gasteiger partial charge in [0.15, 0.2) is 14.6 Å². The molecule has 1 aromatic carbocycles. The number of hydrogen-bond acceptors (Lipinski definition) is 4. The highest BCUT2D eigenvalue weighted by Crippen LogP contribution is 2.27. The highest BCUT2D eigenvalue weighted by Gasteiger charge is 2.44. The van der Waals surface area contributed by atoms with Crippen LogP contribution in [0.15, 0.2) is 29.2 Å². The van der Waals surface area contributed by atoms with Crippen LogP contribution in [0.4, 0.5) is 0 Å². The van der Waals surface area contributed by atoms with Gasteiger partial charge in [0.2, 0.25) is 0 Å². The van der Waals surface area contributed by atoms with Crippen LogP contribution in [-0.4, -0.2) is 25.7 Å². The fourth-order valence-electron chi connectivity index (χ4n) is 1.32. The molecule has 0 aliphatic rings. The Morgan fingerprint density at radius 3 is 2.22 bits per heavy atom. The maximum atomic E-state index is 12.3. The van der Waals surface area contributed by atoms with Crippen LogP contribution in [0.3, 0.4) is 0 Å². The Hall–Kier alpha value is -1.07. The van der Waals surface area contributed by atoms with Gasteiger partial charge in [-0.1, -0.05) is 11.6 Å². The van der Waals surface area contributed by atoms with E-state index in [2.05, 4.69) is 0 Å². The summed E-state index contributed by atoms with van der Waals surface area (Å²) in [5.41, 5.74) is 0. The molecule has 0 unspecified atom stereocenters. The SMILES string of the molecule is CCOC(=O)C(C)(C)S(=O)(=O)c1ccc(Cl)cc1. The molecule has 0 aliphatic heterocycles. The summed E-state index contributed by atoms with van der Waals surface area (Å²) < 4.78 is 27.8. The van der Waals surface area contributed by atoms with E-state index >= 15 is 0 Å². The molecule has 4 nitrogen and oxygen atoms in total. The lowest BCUT2D eigenvalue weighted by molar-refractivity contribution is -0.145. The molecule has 0 N–H and O–H groups in total. The van der Waals surface area contributed by atoms with Gasteiger partial charge in [0.25, 0.3) is 0 Å². The van der Waals surface area contributed by atoms with Crippen LogP contribution in [-0.2, 0) is 19.4 Å². The van der Waals surface area contributed by atoms with Crippen LogP contribution in [0, 0.1) is 0 Å². The van der Waals surface area contributed by atoms with Crippen molar-refractivity contribution in [3.63, 3.8) is 0 Å². The molecule has 0 saturated carbocycles. The molecule has 0 atom stereocenters. The smallest absolute Gasteiger partial charge is 0.327 e. The molecule has 0 spiro atoms. The van der Waals surface area contributed by atoms with Crippen molar-refractivity contribution in [2.75, 3.05) is 6.61 Å². The number of carbonyl (C=O) groups excluding carboxylic acids is 1. The van der Waals surface area contributed by atoms with Crippen molar-refractivity contribution in [2.24, 2.45) is 0 Å². The Bertz CT molecular complexity index is 532. The maximum Gasteiger partial charge on any atom is 0.327 e. The van der Waals surface area contributed by atoms with Crippen molar-refractivity contribution in [3.05, 3.63) is 29.3 Å². The summed E-state index contributed by atoms with van der Waals surface area (Å²) in [6.45, 7) is 4.42. The average molecular weight is 291 g/mol. The van der Waals surface area contributed by atoms with E-state index < -0.39 is 20.6 Å². The van der Waals surface area contributed by atoms with Crippen molar-refractivity contribution in [2.45, 2.75) is 30.4 Å². The first-order valence-corrected chi connectivity index (χ1v) is 7.27. The van der Waals surface area contributed by atoms with Crippen molar-refractivity contribution >= 4 is 27.4 Å². The Labute approximate surface area is 112 Å². The quantitative estimate of drug-likeness (QED) is 0.799. The van der Waals surface area contributed by atoms with E-state index in [1.807, 2.05) is 0 Å². The zero-order valence-electron chi connectivity index (χ0n) is 10.4. The summed E-state index contributed by atoms with van der Waals surface area (Å²) in [6.07, 6.45) is 0. The van der Waals surface area contributed by atoms with E-state index in [4.69, 9.17) is 16.3 Å². The first-order chi connectivity index (χ1) is 8.23. The molecule has 0 aromatic heterocycles. The molecule has 100 valence electrons. The van der Waals surface area contributed by atoms with Gasteiger partial charge in [-0.25, -0.2) is 8.42 Å². The number of benzene rings is 1. The van der Waals surface area contributed by atoms with E-state index in [0.29, 0.717) is 5.02 Å². The minimum atomic E-state index is -3.81. The summed E-state index contributed by atoms with van der Waals surface area (Å²) in [5.74, 6) is -0.764. The fraction of sp³-hybridized carbons (Fsp3) is 0.417. The lowest BCUT2D eigenvalue weighted by Gasteiger charge is -2.22. The van der Waals surface area contributed by atoms with Crippen molar-refractivity contribution in [1.82, 2.24) is 0 Å². The molecule has 6 heteroatoms. The second-order valence-corrected chi connectivity index (χ2v) is 7.12. The van der Waals surface area contributed by atoms with E-state index in [1.165, 1.54) is 38.1 Å². The van der Waals surface area contributed by atoms with Gasteiger partial charge in [0.05, 0.1) is 11.5 Å². The van der Waals surface area contributed by atoms with Gasteiger partial charge < -0.3 is 4.74 Å². The summed E-state index contributed by atoms with van der Waals surface area (Å²) in [7, 11) is -3.81. The molecular formula is C12H15ClO4S. The number of sulfone groups is 1. The predicted octanol–water partition coefficient (Wildman–Crippen LogP) is 2.46. The van der Waals surface area contributed by atoms with Gasteiger partial charge in [-0.15, -0.1) is 0 Å². The van der Waals surface area contributed by atoms with Crippen molar-refractivity contribution in [3.8, 4) is 0 Å². The summed E-state index contributed by atoms with van der Waals surface area (Å²) in [5, 5.41) is 0.433. The first-order valence-electron chi connectivity index (χ1n) is 5.41. The minimum absolute atomic E-state index is 0.0463. The van der Waals surface area contributed by atoms with Crippen LogP contribution >= 0.6 is 11.6 Å². The van der Waals surface area contributed by atoms with Gasteiger partial charge in [0.1, 0.15) is 0 Å². The monoisotopic (exact) mass is 290 g/mol. The van der Waals surface area contributed by atoms with Gasteiger partial charge in [-0.05, 0) is 45.0 Å². The Morgan fingerprint density at radius 2 is 1.78 bits per heavy atom. The Kier molecular flexibility index (Phi) is 4.40. The number of hydrogen-bond donors (Lipinski definition) is 0. The molecule has 0 heterocycles. The highest BCUT2D eigenvalue weighted by atomic mass is 35.5. The zero-order valence-corrected chi connectivity index (χ0v) is 12.0. The maximum absolute atomic E-state index is 12.3. The van der Waals surface area contributed by atoms with Crippen LogP contribution in [0.2, 0.25) is 5.02 Å². The molecule has 0 radical (unpaired) electrons. The third-order valence-electron chi connectivity index (χ3n) is 2.56. The second kappa shape index (κ2) is 5.28. The summed E-state index contributed by atoms with van der Waals surface area (Å²) in [6, 6.07) is 5.68. The minimum Gasteiger partial charge on any atom is -0.465 e. The fourth-order valence-corrected chi connectivity index (χ4v) is 2.81. The topological polar surface area (TPSA) is 60.4 Å². The molecule has 18 heavy (non-hydrogen) atoms. The molecule has 1 aromatic rings. The zero-order chi connectivity index (χ0) is 14.0. The highest BCUT2D eigenvalue weighted by molar-refractivity contribution is 7.93. The largest absolute Gasteiger partial charge is 0.465 e. The Morgan fingerprint density at radius 1 is 1.28 bits per heavy atom.